The molecule has 0 aromatic heterocycles. The zero-order valence-corrected chi connectivity index (χ0v) is 14.7. The van der Waals surface area contributed by atoms with Crippen LogP contribution in [0.2, 0.25) is 0 Å². The van der Waals surface area contributed by atoms with Gasteiger partial charge < -0.3 is 15.5 Å². The van der Waals surface area contributed by atoms with Crippen molar-refractivity contribution in [1.29, 1.82) is 0 Å². The van der Waals surface area contributed by atoms with Crippen LogP contribution in [0, 0.1) is 23.7 Å². The standard InChI is InChI=1S/C19H31N3O2/c20-18-15-5-4-14(11-15)17(18)19(24)21-9-6-13(7-10-21)12-22-8-2-1-3-16(22)23/h13-15,17-18H,1-12,20H2. The van der Waals surface area contributed by atoms with Crippen LogP contribution in [-0.2, 0) is 9.59 Å². The Kier molecular flexibility index (Phi) is 4.54. The van der Waals surface area contributed by atoms with Crippen LogP contribution >= 0.6 is 0 Å². The molecule has 4 unspecified atom stereocenters. The first kappa shape index (κ1) is 16.4. The van der Waals surface area contributed by atoms with Gasteiger partial charge in [-0.1, -0.05) is 0 Å². The van der Waals surface area contributed by atoms with E-state index in [1.165, 1.54) is 19.3 Å². The topological polar surface area (TPSA) is 66.6 Å². The summed E-state index contributed by atoms with van der Waals surface area (Å²) in [6.45, 7) is 3.53. The first-order chi connectivity index (χ1) is 11.6. The minimum atomic E-state index is 0.0870. The van der Waals surface area contributed by atoms with E-state index in [-0.39, 0.29) is 12.0 Å². The van der Waals surface area contributed by atoms with Crippen molar-refractivity contribution in [3.8, 4) is 0 Å². The van der Waals surface area contributed by atoms with Crippen LogP contribution in [-0.4, -0.2) is 53.8 Å². The molecular weight excluding hydrogens is 302 g/mol. The van der Waals surface area contributed by atoms with Gasteiger partial charge in [-0.2, -0.15) is 0 Å². The lowest BCUT2D eigenvalue weighted by Crippen LogP contribution is -2.50. The van der Waals surface area contributed by atoms with Crippen molar-refractivity contribution < 1.29 is 9.59 Å². The molecule has 5 heteroatoms. The number of hydrogen-bond acceptors (Lipinski definition) is 3. The molecule has 5 nitrogen and oxygen atoms in total. The third kappa shape index (κ3) is 2.96. The number of carbonyl (C=O) groups excluding carboxylic acids is 2. The molecule has 0 spiro atoms. The van der Waals surface area contributed by atoms with Gasteiger partial charge in [0, 0.05) is 38.6 Å². The fourth-order valence-electron chi connectivity index (χ4n) is 5.62. The molecule has 4 aliphatic rings. The van der Waals surface area contributed by atoms with Gasteiger partial charge in [0.05, 0.1) is 5.92 Å². The average molecular weight is 333 g/mol. The normalized spacial score (nSPS) is 37.3. The Bertz CT molecular complexity index is 499. The Hall–Kier alpha value is -1.10. The van der Waals surface area contributed by atoms with E-state index in [1.807, 2.05) is 0 Å². The van der Waals surface area contributed by atoms with Gasteiger partial charge in [-0.3, -0.25) is 9.59 Å². The highest BCUT2D eigenvalue weighted by atomic mass is 16.2. The van der Waals surface area contributed by atoms with Gasteiger partial charge in [-0.15, -0.1) is 0 Å². The Labute approximate surface area is 144 Å². The fourth-order valence-corrected chi connectivity index (χ4v) is 5.62. The number of rotatable bonds is 3. The predicted molar refractivity (Wildman–Crippen MR) is 92.0 cm³/mol. The van der Waals surface area contributed by atoms with E-state index in [2.05, 4.69) is 9.80 Å². The van der Waals surface area contributed by atoms with Gasteiger partial charge >= 0.3 is 0 Å². The van der Waals surface area contributed by atoms with Gasteiger partial charge in [0.2, 0.25) is 11.8 Å². The Morgan fingerprint density at radius 3 is 2.46 bits per heavy atom. The molecule has 2 aliphatic carbocycles. The number of nitrogens with zero attached hydrogens (tertiary/aromatic N) is 2. The molecule has 0 aromatic rings. The number of hydrogen-bond donors (Lipinski definition) is 1. The fraction of sp³-hybridized carbons (Fsp3) is 0.895. The molecule has 4 fully saturated rings. The molecule has 4 rings (SSSR count). The highest BCUT2D eigenvalue weighted by Crippen LogP contribution is 2.48. The predicted octanol–water partition coefficient (Wildman–Crippen LogP) is 1.61. The van der Waals surface area contributed by atoms with Gasteiger partial charge in [-0.25, -0.2) is 0 Å². The summed E-state index contributed by atoms with van der Waals surface area (Å²) in [5, 5.41) is 0. The lowest BCUT2D eigenvalue weighted by molar-refractivity contribution is -0.140. The summed E-state index contributed by atoms with van der Waals surface area (Å²) >= 11 is 0. The summed E-state index contributed by atoms with van der Waals surface area (Å²) in [6.07, 6.45) is 8.57. The maximum atomic E-state index is 12.9. The third-order valence-corrected chi connectivity index (χ3v) is 7.09. The van der Waals surface area contributed by atoms with E-state index in [1.54, 1.807) is 0 Å². The maximum Gasteiger partial charge on any atom is 0.227 e. The van der Waals surface area contributed by atoms with Crippen molar-refractivity contribution in [1.82, 2.24) is 9.80 Å². The molecular formula is C19H31N3O2. The van der Waals surface area contributed by atoms with Crippen LogP contribution < -0.4 is 5.73 Å². The number of likely N-dealkylation sites (tertiary alicyclic amines) is 2. The molecule has 2 N–H and O–H groups in total. The molecule has 134 valence electrons. The zero-order valence-electron chi connectivity index (χ0n) is 14.7. The monoisotopic (exact) mass is 333 g/mol. The van der Waals surface area contributed by atoms with E-state index >= 15 is 0 Å². The first-order valence-corrected chi connectivity index (χ1v) is 9.95. The molecule has 24 heavy (non-hydrogen) atoms. The summed E-state index contributed by atoms with van der Waals surface area (Å²) < 4.78 is 0. The summed E-state index contributed by atoms with van der Waals surface area (Å²) in [6, 6.07) is 0.0972. The third-order valence-electron chi connectivity index (χ3n) is 7.09. The number of piperidine rings is 2. The molecule has 2 heterocycles. The largest absolute Gasteiger partial charge is 0.342 e. The highest BCUT2D eigenvalue weighted by Gasteiger charge is 2.50. The van der Waals surface area contributed by atoms with Gasteiger partial charge in [0.15, 0.2) is 0 Å². The van der Waals surface area contributed by atoms with Crippen molar-refractivity contribution in [2.45, 2.75) is 57.4 Å². The second-order valence-corrected chi connectivity index (χ2v) is 8.50. The first-order valence-electron chi connectivity index (χ1n) is 9.95. The second-order valence-electron chi connectivity index (χ2n) is 8.50. The van der Waals surface area contributed by atoms with Crippen LogP contribution in [0.4, 0.5) is 0 Å². The summed E-state index contributed by atoms with van der Waals surface area (Å²) in [5.41, 5.74) is 6.35. The van der Waals surface area contributed by atoms with Crippen molar-refractivity contribution in [2.24, 2.45) is 29.4 Å². The van der Waals surface area contributed by atoms with E-state index in [0.717, 1.165) is 58.3 Å². The van der Waals surface area contributed by atoms with Crippen molar-refractivity contribution >= 4 is 11.8 Å². The summed E-state index contributed by atoms with van der Waals surface area (Å²) in [4.78, 5) is 29.0. The Morgan fingerprint density at radius 2 is 1.79 bits per heavy atom. The SMILES string of the molecule is NC1C2CCC(C2)C1C(=O)N1CCC(CN2CCCCC2=O)CC1. The van der Waals surface area contributed by atoms with Gasteiger partial charge in [0.1, 0.15) is 0 Å². The van der Waals surface area contributed by atoms with E-state index in [0.29, 0.717) is 29.6 Å². The van der Waals surface area contributed by atoms with Crippen LogP contribution in [0.25, 0.3) is 0 Å². The minimum absolute atomic E-state index is 0.0870. The van der Waals surface area contributed by atoms with Crippen LogP contribution in [0.3, 0.4) is 0 Å². The van der Waals surface area contributed by atoms with Crippen LogP contribution in [0.15, 0.2) is 0 Å². The van der Waals surface area contributed by atoms with E-state index in [4.69, 9.17) is 5.73 Å². The highest BCUT2D eigenvalue weighted by molar-refractivity contribution is 5.80. The van der Waals surface area contributed by atoms with Crippen molar-refractivity contribution in [3.63, 3.8) is 0 Å². The molecule has 2 bridgehead atoms. The zero-order chi connectivity index (χ0) is 16.7. The second kappa shape index (κ2) is 6.66. The van der Waals surface area contributed by atoms with Gasteiger partial charge in [0.25, 0.3) is 0 Å². The van der Waals surface area contributed by atoms with Crippen LogP contribution in [0.1, 0.15) is 51.4 Å². The molecule has 2 aliphatic heterocycles. The maximum absolute atomic E-state index is 12.9. The lowest BCUT2D eigenvalue weighted by Gasteiger charge is -2.38. The molecule has 0 aromatic carbocycles. The lowest BCUT2D eigenvalue weighted by atomic mass is 9.83. The van der Waals surface area contributed by atoms with Gasteiger partial charge in [-0.05, 0) is 62.7 Å². The average Bonchev–Trinajstić information content (AvgIpc) is 3.18. The molecule has 2 amide bonds. The summed E-state index contributed by atoms with van der Waals surface area (Å²) in [7, 11) is 0. The number of amides is 2. The quantitative estimate of drug-likeness (QED) is 0.853. The number of nitrogens with two attached hydrogens (primary N) is 1. The van der Waals surface area contributed by atoms with E-state index in [9.17, 15) is 9.59 Å². The van der Waals surface area contributed by atoms with Crippen LogP contribution in [0.5, 0.6) is 0 Å². The molecule has 0 radical (unpaired) electrons. The smallest absolute Gasteiger partial charge is 0.227 e. The van der Waals surface area contributed by atoms with Crippen molar-refractivity contribution in [3.05, 3.63) is 0 Å². The van der Waals surface area contributed by atoms with E-state index < -0.39 is 0 Å². The summed E-state index contributed by atoms with van der Waals surface area (Å²) in [5.74, 6) is 2.43. The Balaban J connectivity index is 1.28. The van der Waals surface area contributed by atoms with Crippen molar-refractivity contribution in [2.75, 3.05) is 26.2 Å². The molecule has 2 saturated carbocycles. The molecule has 4 atom stereocenters. The number of carbonyl (C=O) groups is 2. The Morgan fingerprint density at radius 1 is 1.04 bits per heavy atom. The minimum Gasteiger partial charge on any atom is -0.342 e. The molecule has 2 saturated heterocycles. The number of fused-ring (bicyclic) bond motifs is 2.